The molecule has 26 heavy (non-hydrogen) atoms. The smallest absolute Gasteiger partial charge is 0.225 e. The second-order valence-electron chi connectivity index (χ2n) is 6.93. The number of methoxy groups -OCH3 is 1. The summed E-state index contributed by atoms with van der Waals surface area (Å²) in [5.74, 6) is 0.566. The highest BCUT2D eigenvalue weighted by molar-refractivity contribution is 5.84. The zero-order valence-corrected chi connectivity index (χ0v) is 16.2. The van der Waals surface area contributed by atoms with Crippen LogP contribution in [0.15, 0.2) is 24.3 Å². The monoisotopic (exact) mass is 362 g/mol. The number of carbonyl (C=O) groups excluding carboxylic acids is 2. The number of likely N-dealkylation sites (tertiary alicyclic amines) is 1. The first-order valence-corrected chi connectivity index (χ1v) is 9.23. The molecule has 1 aromatic rings. The number of hydrogen-bond donors (Lipinski definition) is 1. The Morgan fingerprint density at radius 1 is 1.31 bits per heavy atom. The molecule has 6 nitrogen and oxygen atoms in total. The first-order valence-electron chi connectivity index (χ1n) is 9.23. The van der Waals surface area contributed by atoms with Crippen molar-refractivity contribution >= 4 is 11.8 Å². The lowest BCUT2D eigenvalue weighted by Gasteiger charge is -2.38. The lowest BCUT2D eigenvalue weighted by molar-refractivity contribution is -0.141. The van der Waals surface area contributed by atoms with Crippen LogP contribution in [0.4, 0.5) is 0 Å². The van der Waals surface area contributed by atoms with E-state index in [0.717, 1.165) is 17.7 Å². The van der Waals surface area contributed by atoms with Gasteiger partial charge in [-0.25, -0.2) is 0 Å². The lowest BCUT2D eigenvalue weighted by Crippen LogP contribution is -2.46. The number of hydrogen-bond acceptors (Lipinski definition) is 4. The largest absolute Gasteiger partial charge is 0.497 e. The molecule has 0 aromatic heterocycles. The van der Waals surface area contributed by atoms with Gasteiger partial charge in [0.2, 0.25) is 11.8 Å². The van der Waals surface area contributed by atoms with Gasteiger partial charge in [0.1, 0.15) is 5.75 Å². The second-order valence-corrected chi connectivity index (χ2v) is 6.93. The molecule has 0 spiro atoms. The Balaban J connectivity index is 2.03. The van der Waals surface area contributed by atoms with Crippen molar-refractivity contribution < 1.29 is 19.1 Å². The van der Waals surface area contributed by atoms with Crippen molar-refractivity contribution in [2.24, 2.45) is 5.92 Å². The maximum absolute atomic E-state index is 12.7. The van der Waals surface area contributed by atoms with Crippen LogP contribution in [0.25, 0.3) is 0 Å². The Hall–Kier alpha value is -2.08. The molecule has 1 saturated heterocycles. The van der Waals surface area contributed by atoms with Gasteiger partial charge in [0.25, 0.3) is 0 Å². The summed E-state index contributed by atoms with van der Waals surface area (Å²) in [6, 6.07) is 7.32. The minimum absolute atomic E-state index is 0.00489. The summed E-state index contributed by atoms with van der Waals surface area (Å²) in [5.41, 5.74) is 0.949. The topological polar surface area (TPSA) is 67.9 Å². The van der Waals surface area contributed by atoms with Crippen molar-refractivity contribution in [1.29, 1.82) is 0 Å². The Morgan fingerprint density at radius 3 is 2.62 bits per heavy atom. The van der Waals surface area contributed by atoms with Crippen LogP contribution >= 0.6 is 0 Å². The van der Waals surface area contributed by atoms with Crippen molar-refractivity contribution in [2.75, 3.05) is 27.3 Å². The van der Waals surface area contributed by atoms with Gasteiger partial charge in [0.05, 0.1) is 25.2 Å². The molecular formula is C20H30N2O4. The van der Waals surface area contributed by atoms with E-state index in [0.29, 0.717) is 26.0 Å². The fourth-order valence-corrected chi connectivity index (χ4v) is 3.30. The summed E-state index contributed by atoms with van der Waals surface area (Å²) in [4.78, 5) is 26.6. The van der Waals surface area contributed by atoms with Crippen molar-refractivity contribution in [3.05, 3.63) is 29.8 Å². The van der Waals surface area contributed by atoms with E-state index in [-0.39, 0.29) is 29.9 Å². The summed E-state index contributed by atoms with van der Waals surface area (Å²) in [6.07, 6.45) is 1.94. The molecule has 0 unspecified atom stereocenters. The van der Waals surface area contributed by atoms with Crippen LogP contribution in [0, 0.1) is 5.92 Å². The lowest BCUT2D eigenvalue weighted by atomic mass is 9.84. The van der Waals surface area contributed by atoms with Gasteiger partial charge in [0, 0.05) is 26.6 Å². The van der Waals surface area contributed by atoms with Crippen LogP contribution in [0.1, 0.15) is 44.7 Å². The minimum atomic E-state index is -0.255. The zero-order chi connectivity index (χ0) is 19.1. The fraction of sp³-hybridized carbons (Fsp3) is 0.600. The second kappa shape index (κ2) is 9.57. The Labute approximate surface area is 155 Å². The summed E-state index contributed by atoms with van der Waals surface area (Å²) in [6.45, 7) is 5.19. The van der Waals surface area contributed by atoms with Gasteiger partial charge in [-0.05, 0) is 44.4 Å². The Kier molecular flexibility index (Phi) is 7.45. The van der Waals surface area contributed by atoms with E-state index in [9.17, 15) is 9.59 Å². The first-order chi connectivity index (χ1) is 12.4. The van der Waals surface area contributed by atoms with Crippen molar-refractivity contribution in [3.63, 3.8) is 0 Å². The van der Waals surface area contributed by atoms with Crippen LogP contribution in [0.5, 0.6) is 5.75 Å². The minimum Gasteiger partial charge on any atom is -0.497 e. The van der Waals surface area contributed by atoms with Crippen molar-refractivity contribution in [3.8, 4) is 5.75 Å². The van der Waals surface area contributed by atoms with Crippen LogP contribution in [-0.4, -0.2) is 50.1 Å². The maximum Gasteiger partial charge on any atom is 0.225 e. The van der Waals surface area contributed by atoms with E-state index in [1.54, 1.807) is 19.1 Å². The highest BCUT2D eigenvalue weighted by atomic mass is 16.5. The molecule has 2 atom stereocenters. The molecule has 144 valence electrons. The zero-order valence-electron chi connectivity index (χ0n) is 16.2. The number of amides is 2. The van der Waals surface area contributed by atoms with Gasteiger partial charge < -0.3 is 19.7 Å². The number of nitrogens with one attached hydrogen (secondary N) is 1. The molecule has 1 fully saturated rings. The number of ether oxygens (including phenoxy) is 2. The van der Waals surface area contributed by atoms with E-state index in [1.165, 1.54) is 0 Å². The quantitative estimate of drug-likeness (QED) is 0.722. The highest BCUT2D eigenvalue weighted by Crippen LogP contribution is 2.36. The maximum atomic E-state index is 12.7. The fourth-order valence-electron chi connectivity index (χ4n) is 3.30. The molecule has 2 rings (SSSR count). The Morgan fingerprint density at radius 2 is 2.00 bits per heavy atom. The summed E-state index contributed by atoms with van der Waals surface area (Å²) in [7, 11) is 3.39. The predicted molar refractivity (Wildman–Crippen MR) is 99.9 cm³/mol. The van der Waals surface area contributed by atoms with E-state index >= 15 is 0 Å². The molecule has 0 radical (unpaired) electrons. The standard InChI is InChI=1S/C20H30N2O4/c1-14(2)26-13-5-12-21-20(24)17-10-11-18(23)22(3)19(17)15-6-8-16(25-4)9-7-15/h6-9,14,17,19H,5,10-13H2,1-4H3,(H,21,24)/t17-,19+/m1/s1. The summed E-state index contributed by atoms with van der Waals surface area (Å²) >= 11 is 0. The molecule has 1 aromatic carbocycles. The molecule has 1 heterocycles. The average Bonchev–Trinajstić information content (AvgIpc) is 2.63. The van der Waals surface area contributed by atoms with Gasteiger partial charge in [0.15, 0.2) is 0 Å². The van der Waals surface area contributed by atoms with Gasteiger partial charge in [-0.2, -0.15) is 0 Å². The predicted octanol–water partition coefficient (Wildman–Crippen LogP) is 2.54. The molecule has 0 bridgehead atoms. The number of benzene rings is 1. The molecule has 0 saturated carbocycles. The average molecular weight is 362 g/mol. The van der Waals surface area contributed by atoms with E-state index in [1.807, 2.05) is 38.1 Å². The van der Waals surface area contributed by atoms with Gasteiger partial charge in [-0.15, -0.1) is 0 Å². The van der Waals surface area contributed by atoms with Crippen molar-refractivity contribution in [1.82, 2.24) is 10.2 Å². The molecule has 6 heteroatoms. The van der Waals surface area contributed by atoms with Gasteiger partial charge in [-0.1, -0.05) is 12.1 Å². The molecule has 1 aliphatic rings. The Bertz CT molecular complexity index is 600. The number of piperidine rings is 1. The summed E-state index contributed by atoms with van der Waals surface area (Å²) < 4.78 is 10.7. The molecule has 0 aliphatic carbocycles. The van der Waals surface area contributed by atoms with Crippen LogP contribution in [0.3, 0.4) is 0 Å². The third-order valence-corrected chi connectivity index (χ3v) is 4.73. The SMILES string of the molecule is COc1ccc([C@H]2[C@H](C(=O)NCCCOC(C)C)CCC(=O)N2C)cc1. The molecular weight excluding hydrogens is 332 g/mol. The number of nitrogens with zero attached hydrogens (tertiary/aromatic N) is 1. The van der Waals surface area contributed by atoms with E-state index in [2.05, 4.69) is 5.32 Å². The molecule has 1 aliphatic heterocycles. The molecule has 1 N–H and O–H groups in total. The normalized spacial score (nSPS) is 20.3. The van der Waals surface area contributed by atoms with Gasteiger partial charge in [-0.3, -0.25) is 9.59 Å². The van der Waals surface area contributed by atoms with Gasteiger partial charge >= 0.3 is 0 Å². The van der Waals surface area contributed by atoms with Crippen molar-refractivity contribution in [2.45, 2.75) is 45.3 Å². The summed E-state index contributed by atoms with van der Waals surface area (Å²) in [5, 5.41) is 3.00. The highest BCUT2D eigenvalue weighted by Gasteiger charge is 2.38. The molecule has 2 amide bonds. The van der Waals surface area contributed by atoms with Crippen LogP contribution in [0.2, 0.25) is 0 Å². The van der Waals surface area contributed by atoms with E-state index in [4.69, 9.17) is 9.47 Å². The number of rotatable bonds is 8. The first kappa shape index (κ1) is 20.2. The third-order valence-electron chi connectivity index (χ3n) is 4.73. The number of carbonyl (C=O) groups is 2. The van der Waals surface area contributed by atoms with Crippen LogP contribution < -0.4 is 10.1 Å². The van der Waals surface area contributed by atoms with Crippen LogP contribution in [-0.2, 0) is 14.3 Å². The van der Waals surface area contributed by atoms with E-state index < -0.39 is 0 Å². The third kappa shape index (κ3) is 5.21.